The van der Waals surface area contributed by atoms with E-state index in [4.69, 9.17) is 0 Å². The molecule has 0 radical (unpaired) electrons. The summed E-state index contributed by atoms with van der Waals surface area (Å²) in [5.74, 6) is 2.04. The average molecular weight is 465 g/mol. The third-order valence-corrected chi connectivity index (χ3v) is 6.90. The van der Waals surface area contributed by atoms with Crippen LogP contribution < -0.4 is 10.6 Å². The number of aryl methyl sites for hydroxylation is 2. The molecule has 0 aliphatic heterocycles. The summed E-state index contributed by atoms with van der Waals surface area (Å²) in [5, 5.41) is 27.3. The fourth-order valence-corrected chi connectivity index (χ4v) is 5.25. The van der Waals surface area contributed by atoms with Crippen LogP contribution in [0.25, 0.3) is 0 Å². The number of rotatable bonds is 13. The molecule has 3 N–H and O–H groups in total. The third-order valence-electron chi connectivity index (χ3n) is 4.48. The highest BCUT2D eigenvalue weighted by molar-refractivity contribution is 7.98. The molecule has 0 amide bonds. The quantitative estimate of drug-likeness (QED) is 0.237. The number of nitrogens with one attached hydrogen (secondary N) is 2. The van der Waals surface area contributed by atoms with Crippen molar-refractivity contribution in [1.82, 2.24) is 15.5 Å². The Morgan fingerprint density at radius 2 is 2.10 bits per heavy atom. The van der Waals surface area contributed by atoms with Crippen molar-refractivity contribution in [3.05, 3.63) is 78.9 Å². The molecular weight excluding hydrogens is 432 g/mol. The predicted molar refractivity (Wildman–Crippen MR) is 130 cm³/mol. The van der Waals surface area contributed by atoms with Crippen molar-refractivity contribution in [2.75, 3.05) is 32.9 Å². The Morgan fingerprint density at radius 3 is 2.77 bits per heavy atom. The predicted octanol–water partition coefficient (Wildman–Crippen LogP) is 3.65. The Labute approximate surface area is 192 Å². The highest BCUT2D eigenvalue weighted by Crippen LogP contribution is 2.26. The first-order valence-corrected chi connectivity index (χ1v) is 12.1. The molecule has 1 aromatic heterocycles. The smallest absolute Gasteiger partial charge is 0.274 e. The monoisotopic (exact) mass is 464 g/mol. The number of hydrogen-bond acceptors (Lipinski definition) is 8. The van der Waals surface area contributed by atoms with E-state index in [0.717, 1.165) is 35.4 Å². The molecule has 1 unspecified atom stereocenters. The number of aliphatic hydroxyl groups excluding tert-OH is 1. The van der Waals surface area contributed by atoms with Gasteiger partial charge in [0.1, 0.15) is 0 Å². The number of benzene rings is 1. The largest absolute Gasteiger partial charge is 0.387 e. The van der Waals surface area contributed by atoms with Crippen molar-refractivity contribution in [3.8, 4) is 0 Å². The molecule has 1 heterocycles. The minimum Gasteiger partial charge on any atom is -0.387 e. The topological polar surface area (TPSA) is 90.7 Å². The molecule has 1 atom stereocenters. The minimum atomic E-state index is -0.746. The standard InChI is InChI=1S/C22H32N4O3S2/c1-16-6-5-7-18(10-16)20(27)12-24-22(14-26(28)29)23-8-9-30-15-19-11-17(2)21(31-19)13-25(3)4/h5-7,10-11,14,20,23-24,27H,8-9,12-13,15H2,1-4H3. The fraction of sp³-hybridized carbons (Fsp3) is 0.455. The lowest BCUT2D eigenvalue weighted by Crippen LogP contribution is -2.31. The van der Waals surface area contributed by atoms with E-state index in [1.807, 2.05) is 42.5 Å². The van der Waals surface area contributed by atoms with E-state index in [2.05, 4.69) is 42.6 Å². The van der Waals surface area contributed by atoms with Gasteiger partial charge in [0.25, 0.3) is 6.20 Å². The molecule has 0 saturated carbocycles. The highest BCUT2D eigenvalue weighted by Gasteiger charge is 2.10. The van der Waals surface area contributed by atoms with Gasteiger partial charge in [-0.15, -0.1) is 11.3 Å². The molecule has 170 valence electrons. The number of thiophene rings is 1. The average Bonchev–Trinajstić information content (AvgIpc) is 3.03. The van der Waals surface area contributed by atoms with Crippen molar-refractivity contribution >= 4 is 23.1 Å². The molecule has 0 fully saturated rings. The highest BCUT2D eigenvalue weighted by atomic mass is 32.2. The van der Waals surface area contributed by atoms with E-state index in [1.165, 1.54) is 15.3 Å². The fourth-order valence-electron chi connectivity index (χ4n) is 3.00. The van der Waals surface area contributed by atoms with Gasteiger partial charge in [0.05, 0.1) is 11.0 Å². The summed E-state index contributed by atoms with van der Waals surface area (Å²) in [6.45, 7) is 5.84. The summed E-state index contributed by atoms with van der Waals surface area (Å²) in [5.41, 5.74) is 3.17. The molecule has 1 aromatic carbocycles. The number of nitro groups is 1. The Morgan fingerprint density at radius 1 is 1.32 bits per heavy atom. The van der Waals surface area contributed by atoms with E-state index in [1.54, 1.807) is 11.8 Å². The maximum absolute atomic E-state index is 10.9. The van der Waals surface area contributed by atoms with Gasteiger partial charge in [0.15, 0.2) is 5.82 Å². The first-order chi connectivity index (χ1) is 14.7. The molecule has 0 spiro atoms. The van der Waals surface area contributed by atoms with Crippen LogP contribution in [0, 0.1) is 24.0 Å². The van der Waals surface area contributed by atoms with Crippen LogP contribution in [0.5, 0.6) is 0 Å². The molecule has 2 aromatic rings. The zero-order chi connectivity index (χ0) is 22.8. The first-order valence-electron chi connectivity index (χ1n) is 10.1. The zero-order valence-corrected chi connectivity index (χ0v) is 20.2. The molecule has 2 rings (SSSR count). The van der Waals surface area contributed by atoms with E-state index >= 15 is 0 Å². The lowest BCUT2D eigenvalue weighted by molar-refractivity contribution is -0.404. The second-order valence-electron chi connectivity index (χ2n) is 7.68. The summed E-state index contributed by atoms with van der Waals surface area (Å²) < 4.78 is 0. The molecule has 7 nitrogen and oxygen atoms in total. The van der Waals surface area contributed by atoms with Gasteiger partial charge in [-0.1, -0.05) is 29.8 Å². The van der Waals surface area contributed by atoms with Crippen LogP contribution in [0.1, 0.15) is 32.5 Å². The Bertz CT molecular complexity index is 883. The van der Waals surface area contributed by atoms with Crippen molar-refractivity contribution < 1.29 is 10.0 Å². The SMILES string of the molecule is Cc1cccc(C(O)CNC(=C[N+](=O)[O-])NCCSCc2cc(C)c(CN(C)C)s2)c1. The number of hydrogen-bond donors (Lipinski definition) is 3. The maximum atomic E-state index is 10.9. The second-order valence-corrected chi connectivity index (χ2v) is 10.0. The molecule has 0 saturated heterocycles. The van der Waals surface area contributed by atoms with E-state index < -0.39 is 11.0 Å². The Balaban J connectivity index is 1.77. The normalized spacial score (nSPS) is 12.8. The third kappa shape index (κ3) is 9.30. The van der Waals surface area contributed by atoms with E-state index in [0.29, 0.717) is 12.4 Å². The van der Waals surface area contributed by atoms with Crippen LogP contribution in [0.15, 0.2) is 42.4 Å². The van der Waals surface area contributed by atoms with E-state index in [9.17, 15) is 15.2 Å². The van der Waals surface area contributed by atoms with Gasteiger partial charge in [0.2, 0.25) is 0 Å². The molecule has 0 aliphatic carbocycles. The molecular formula is C22H32N4O3S2. The molecule has 31 heavy (non-hydrogen) atoms. The van der Waals surface area contributed by atoms with Gasteiger partial charge >= 0.3 is 0 Å². The van der Waals surface area contributed by atoms with Crippen LogP contribution in [0.3, 0.4) is 0 Å². The van der Waals surface area contributed by atoms with Gasteiger partial charge < -0.3 is 20.6 Å². The maximum Gasteiger partial charge on any atom is 0.274 e. The number of nitrogens with zero attached hydrogens (tertiary/aromatic N) is 2. The van der Waals surface area contributed by atoms with Crippen LogP contribution in [0.2, 0.25) is 0 Å². The Hall–Kier alpha value is -2.07. The van der Waals surface area contributed by atoms with Crippen molar-refractivity contribution in [2.45, 2.75) is 32.2 Å². The van der Waals surface area contributed by atoms with Crippen LogP contribution >= 0.6 is 23.1 Å². The summed E-state index contributed by atoms with van der Waals surface area (Å²) in [6, 6.07) is 9.84. The van der Waals surface area contributed by atoms with E-state index in [-0.39, 0.29) is 6.54 Å². The number of thioether (sulfide) groups is 1. The van der Waals surface area contributed by atoms with Crippen LogP contribution in [-0.2, 0) is 12.3 Å². The molecule has 0 aliphatic rings. The van der Waals surface area contributed by atoms with Gasteiger partial charge in [-0.05, 0) is 45.1 Å². The summed E-state index contributed by atoms with van der Waals surface area (Å²) in [4.78, 5) is 15.3. The lowest BCUT2D eigenvalue weighted by Gasteiger charge is -2.15. The van der Waals surface area contributed by atoms with Gasteiger partial charge in [0, 0.05) is 40.9 Å². The Kier molecular flexibility index (Phi) is 10.3. The number of aliphatic hydroxyl groups is 1. The van der Waals surface area contributed by atoms with Gasteiger partial charge in [-0.25, -0.2) is 0 Å². The summed E-state index contributed by atoms with van der Waals surface area (Å²) >= 11 is 3.64. The first kappa shape index (κ1) is 25.2. The summed E-state index contributed by atoms with van der Waals surface area (Å²) in [6.07, 6.45) is 0.161. The molecule has 0 bridgehead atoms. The van der Waals surface area contributed by atoms with Crippen LogP contribution in [-0.4, -0.2) is 47.9 Å². The van der Waals surface area contributed by atoms with Crippen molar-refractivity contribution in [2.24, 2.45) is 0 Å². The lowest BCUT2D eigenvalue weighted by atomic mass is 10.1. The zero-order valence-electron chi connectivity index (χ0n) is 18.6. The summed E-state index contributed by atoms with van der Waals surface area (Å²) in [7, 11) is 4.15. The van der Waals surface area contributed by atoms with Crippen LogP contribution in [0.4, 0.5) is 0 Å². The van der Waals surface area contributed by atoms with Gasteiger partial charge in [-0.3, -0.25) is 10.1 Å². The van der Waals surface area contributed by atoms with Gasteiger partial charge in [-0.2, -0.15) is 11.8 Å². The van der Waals surface area contributed by atoms with Crippen molar-refractivity contribution in [3.63, 3.8) is 0 Å². The minimum absolute atomic E-state index is 0.187. The molecule has 9 heteroatoms. The second kappa shape index (κ2) is 12.7. The van der Waals surface area contributed by atoms with Crippen molar-refractivity contribution in [1.29, 1.82) is 0 Å².